The number of esters is 4. The third-order valence-electron chi connectivity index (χ3n) is 19.2. The van der Waals surface area contributed by atoms with E-state index >= 15 is 0 Å². The van der Waals surface area contributed by atoms with Crippen LogP contribution in [0.1, 0.15) is 433 Å². The first-order chi connectivity index (χ1) is 48.9. The van der Waals surface area contributed by atoms with Gasteiger partial charge in [-0.3, -0.25) is 37.3 Å². The van der Waals surface area contributed by atoms with Crippen LogP contribution in [0, 0.1) is 11.8 Å². The maximum atomic E-state index is 13.1. The van der Waals surface area contributed by atoms with Gasteiger partial charge < -0.3 is 33.8 Å². The fourth-order valence-electron chi connectivity index (χ4n) is 12.7. The summed E-state index contributed by atoms with van der Waals surface area (Å²) in [6.07, 6.45) is 63.6. The van der Waals surface area contributed by atoms with Gasteiger partial charge in [0, 0.05) is 25.7 Å². The number of rotatable bonds is 81. The predicted octanol–water partition coefficient (Wildman–Crippen LogP) is 24.7. The van der Waals surface area contributed by atoms with Crippen LogP contribution in [-0.2, 0) is 65.4 Å². The molecule has 0 aromatic heterocycles. The monoisotopic (exact) mass is 1480 g/mol. The van der Waals surface area contributed by atoms with E-state index in [1.165, 1.54) is 250 Å². The predicted molar refractivity (Wildman–Crippen MR) is 414 cm³/mol. The Labute approximate surface area is 619 Å². The van der Waals surface area contributed by atoms with E-state index in [0.29, 0.717) is 25.7 Å². The summed E-state index contributed by atoms with van der Waals surface area (Å²) in [6, 6.07) is 0. The van der Waals surface area contributed by atoms with Gasteiger partial charge in [0.1, 0.15) is 19.3 Å². The molecule has 17 nitrogen and oxygen atoms in total. The van der Waals surface area contributed by atoms with Crippen molar-refractivity contribution in [2.75, 3.05) is 39.6 Å². The molecule has 0 heterocycles. The maximum Gasteiger partial charge on any atom is 0.472 e. The molecule has 0 rings (SSSR count). The van der Waals surface area contributed by atoms with Crippen LogP contribution in [0.4, 0.5) is 0 Å². The van der Waals surface area contributed by atoms with E-state index in [-0.39, 0.29) is 25.7 Å². The Kier molecular flexibility index (Phi) is 72.2. The summed E-state index contributed by atoms with van der Waals surface area (Å²) in [4.78, 5) is 73.1. The smallest absolute Gasteiger partial charge is 0.462 e. The first-order valence-electron chi connectivity index (χ1n) is 42.5. The van der Waals surface area contributed by atoms with Gasteiger partial charge >= 0.3 is 39.5 Å². The lowest BCUT2D eigenvalue weighted by Crippen LogP contribution is -2.30. The second kappa shape index (κ2) is 73.6. The van der Waals surface area contributed by atoms with Crippen molar-refractivity contribution in [1.82, 2.24) is 0 Å². The topological polar surface area (TPSA) is 237 Å². The molecule has 0 saturated heterocycles. The van der Waals surface area contributed by atoms with Gasteiger partial charge in [-0.1, -0.05) is 382 Å². The van der Waals surface area contributed by atoms with Crippen molar-refractivity contribution in [3.63, 3.8) is 0 Å². The zero-order valence-electron chi connectivity index (χ0n) is 66.2. The minimum atomic E-state index is -4.96. The molecule has 0 bridgehead atoms. The van der Waals surface area contributed by atoms with Gasteiger partial charge in [-0.25, -0.2) is 9.13 Å². The van der Waals surface area contributed by atoms with Crippen LogP contribution in [0.3, 0.4) is 0 Å². The molecule has 0 saturated carbocycles. The van der Waals surface area contributed by atoms with Gasteiger partial charge in [-0.2, -0.15) is 0 Å². The molecule has 0 spiro atoms. The Bertz CT molecular complexity index is 1940. The van der Waals surface area contributed by atoms with E-state index in [1.54, 1.807) is 0 Å². The van der Waals surface area contributed by atoms with Crippen molar-refractivity contribution in [1.29, 1.82) is 0 Å². The number of unbranched alkanes of at least 4 members (excludes halogenated alkanes) is 51. The molecule has 0 aliphatic carbocycles. The van der Waals surface area contributed by atoms with Crippen LogP contribution in [0.25, 0.3) is 0 Å². The molecule has 0 aliphatic heterocycles. The van der Waals surface area contributed by atoms with E-state index in [4.69, 9.17) is 37.0 Å². The van der Waals surface area contributed by atoms with Crippen LogP contribution in [0.15, 0.2) is 0 Å². The van der Waals surface area contributed by atoms with Crippen LogP contribution in [0.5, 0.6) is 0 Å². The molecule has 0 fully saturated rings. The van der Waals surface area contributed by atoms with Crippen LogP contribution < -0.4 is 0 Å². The Morgan fingerprint density at radius 2 is 0.455 bits per heavy atom. The van der Waals surface area contributed by atoms with Crippen LogP contribution in [-0.4, -0.2) is 96.7 Å². The summed E-state index contributed by atoms with van der Waals surface area (Å²) in [5.41, 5.74) is 0. The summed E-state index contributed by atoms with van der Waals surface area (Å²) in [5, 5.41) is 10.7. The fourth-order valence-corrected chi connectivity index (χ4v) is 14.3. The van der Waals surface area contributed by atoms with Gasteiger partial charge in [-0.15, -0.1) is 0 Å². The molecule has 600 valence electrons. The molecule has 0 aromatic rings. The molecular formula is C82H160O17P2. The number of phosphoric ester groups is 2. The second-order valence-electron chi connectivity index (χ2n) is 30.5. The highest BCUT2D eigenvalue weighted by Gasteiger charge is 2.30. The van der Waals surface area contributed by atoms with Crippen LogP contribution in [0.2, 0.25) is 0 Å². The molecule has 2 unspecified atom stereocenters. The molecule has 0 aliphatic rings. The number of hydrogen-bond acceptors (Lipinski definition) is 15. The Balaban J connectivity index is 5.25. The molecule has 19 heteroatoms. The Morgan fingerprint density at radius 1 is 0.267 bits per heavy atom. The number of carbonyl (C=O) groups excluding carboxylic acids is 4. The summed E-state index contributed by atoms with van der Waals surface area (Å²) >= 11 is 0. The number of phosphoric acid groups is 2. The summed E-state index contributed by atoms with van der Waals surface area (Å²) in [6.45, 7) is 9.70. The molecule has 3 N–H and O–H groups in total. The van der Waals surface area contributed by atoms with Gasteiger partial charge in [-0.05, 0) is 37.5 Å². The van der Waals surface area contributed by atoms with E-state index in [0.717, 1.165) is 102 Å². The highest BCUT2D eigenvalue weighted by Crippen LogP contribution is 2.45. The quantitative estimate of drug-likeness (QED) is 0.0222. The van der Waals surface area contributed by atoms with Crippen molar-refractivity contribution in [3.05, 3.63) is 0 Å². The van der Waals surface area contributed by atoms with E-state index in [1.807, 2.05) is 0 Å². The number of aliphatic hydroxyl groups excluding tert-OH is 1. The van der Waals surface area contributed by atoms with Crippen LogP contribution >= 0.6 is 15.6 Å². The maximum absolute atomic E-state index is 13.1. The second-order valence-corrected chi connectivity index (χ2v) is 33.4. The highest BCUT2D eigenvalue weighted by atomic mass is 31.2. The number of hydrogen-bond donors (Lipinski definition) is 3. The third-order valence-corrected chi connectivity index (χ3v) is 21.1. The average molecular weight is 1480 g/mol. The summed E-state index contributed by atoms with van der Waals surface area (Å²) in [5.74, 6) is -0.495. The van der Waals surface area contributed by atoms with E-state index < -0.39 is 97.5 Å². The van der Waals surface area contributed by atoms with Crippen molar-refractivity contribution in [3.8, 4) is 0 Å². The van der Waals surface area contributed by atoms with Crippen molar-refractivity contribution >= 4 is 39.5 Å². The van der Waals surface area contributed by atoms with Gasteiger partial charge in [0.05, 0.1) is 26.4 Å². The third kappa shape index (κ3) is 76.1. The molecule has 0 amide bonds. The van der Waals surface area contributed by atoms with E-state index in [2.05, 4.69) is 41.5 Å². The lowest BCUT2D eigenvalue weighted by molar-refractivity contribution is -0.161. The van der Waals surface area contributed by atoms with Crippen molar-refractivity contribution in [2.24, 2.45) is 11.8 Å². The van der Waals surface area contributed by atoms with Gasteiger partial charge in [0.25, 0.3) is 0 Å². The average Bonchev–Trinajstić information content (AvgIpc) is 1.55. The first-order valence-corrected chi connectivity index (χ1v) is 45.5. The number of ether oxygens (including phenoxy) is 4. The minimum Gasteiger partial charge on any atom is -0.462 e. The summed E-state index contributed by atoms with van der Waals surface area (Å²) < 4.78 is 68.8. The Morgan fingerprint density at radius 3 is 0.673 bits per heavy atom. The molecule has 0 aromatic carbocycles. The van der Waals surface area contributed by atoms with Crippen molar-refractivity contribution in [2.45, 2.75) is 452 Å². The molecule has 101 heavy (non-hydrogen) atoms. The van der Waals surface area contributed by atoms with Crippen molar-refractivity contribution < 1.29 is 80.2 Å². The first kappa shape index (κ1) is 99.1. The lowest BCUT2D eigenvalue weighted by atomic mass is 10.0. The fraction of sp³-hybridized carbons (Fsp3) is 0.951. The lowest BCUT2D eigenvalue weighted by Gasteiger charge is -2.21. The zero-order chi connectivity index (χ0) is 74.2. The van der Waals surface area contributed by atoms with Gasteiger partial charge in [0.2, 0.25) is 0 Å². The normalized spacial score (nSPS) is 13.9. The SMILES string of the molecule is CCCCCCCCCCCCCCCC(=O)O[C@H](COC(=O)CCCCCCCCCCCCCC)COP(=O)(O)OC[C@H](O)COP(=O)(O)OC[C@@H](COC(=O)CCCCCCCCCCCCCCCCCC(C)C)OC(=O)CCCCCCCCCCCCCCCCCC(C)C. The standard InChI is InChI=1S/C82H160O17P2/c1-7-9-11-13-15-17-19-27-36-42-48-54-60-66-81(86)98-77(70-92-79(84)64-58-52-46-40-34-20-18-16-14-12-10-8-2)72-96-100(88,89)94-68-76(83)69-95-101(90,91)97-73-78(99-82(87)67-61-55-49-43-37-31-26-22-24-29-33-39-45-51-57-63-75(5)6)71-93-80(85)65-59-53-47-41-35-30-25-21-23-28-32-38-44-50-56-62-74(3)4/h74-78,83H,7-73H2,1-6H3,(H,88,89)(H,90,91)/t76-,77+,78+/m0/s1. The highest BCUT2D eigenvalue weighted by molar-refractivity contribution is 7.47. The zero-order valence-corrected chi connectivity index (χ0v) is 68.0. The molecule has 5 atom stereocenters. The molecule has 0 radical (unpaired) electrons. The van der Waals surface area contributed by atoms with Gasteiger partial charge in [0.15, 0.2) is 12.2 Å². The van der Waals surface area contributed by atoms with E-state index in [9.17, 15) is 43.2 Å². The summed E-state index contributed by atoms with van der Waals surface area (Å²) in [7, 11) is -9.92. The largest absolute Gasteiger partial charge is 0.472 e. The molecular weight excluding hydrogens is 1320 g/mol. The number of carbonyl (C=O) groups is 4. The number of aliphatic hydroxyl groups is 1. The minimum absolute atomic E-state index is 0.108. The Hall–Kier alpha value is -1.94.